The molecule has 0 amide bonds. The Morgan fingerprint density at radius 1 is 1.24 bits per heavy atom. The van der Waals surface area contributed by atoms with Crippen molar-refractivity contribution in [2.24, 2.45) is 0 Å². The molecule has 1 atom stereocenters. The van der Waals surface area contributed by atoms with E-state index in [0.29, 0.717) is 0 Å². The number of hydrogen-bond donors (Lipinski definition) is 1. The van der Waals surface area contributed by atoms with Crippen molar-refractivity contribution in [3.63, 3.8) is 0 Å². The second-order valence-corrected chi connectivity index (χ2v) is 6.37. The molecule has 0 saturated carbocycles. The summed E-state index contributed by atoms with van der Waals surface area (Å²) in [5.74, 6) is 0. The summed E-state index contributed by atoms with van der Waals surface area (Å²) >= 11 is 0. The van der Waals surface area contributed by atoms with Gasteiger partial charge in [0.05, 0.1) is 11.5 Å². The number of aliphatic hydroxyl groups is 1. The van der Waals surface area contributed by atoms with Gasteiger partial charge in [0.15, 0.2) is 0 Å². The maximum absolute atomic E-state index is 12.3. The van der Waals surface area contributed by atoms with E-state index in [0.717, 1.165) is 11.1 Å². The average Bonchev–Trinajstić information content (AvgIpc) is 2.25. The van der Waals surface area contributed by atoms with Crippen LogP contribution in [0.25, 0.3) is 0 Å². The van der Waals surface area contributed by atoms with Gasteiger partial charge in [-0.2, -0.15) is 4.31 Å². The normalized spacial score (nSPS) is 14.0. The molecular weight excluding hydrogens is 238 g/mol. The maximum Gasteiger partial charge on any atom is 0.243 e. The molecule has 96 valence electrons. The van der Waals surface area contributed by atoms with Crippen LogP contribution < -0.4 is 0 Å². The van der Waals surface area contributed by atoms with E-state index < -0.39 is 16.1 Å². The lowest BCUT2D eigenvalue weighted by atomic mass is 10.2. The van der Waals surface area contributed by atoms with Crippen molar-refractivity contribution in [1.82, 2.24) is 4.31 Å². The minimum atomic E-state index is -3.52. The van der Waals surface area contributed by atoms with Crippen LogP contribution in [0.5, 0.6) is 0 Å². The highest BCUT2D eigenvalue weighted by atomic mass is 32.2. The van der Waals surface area contributed by atoms with E-state index in [9.17, 15) is 8.42 Å². The molecule has 0 aliphatic carbocycles. The van der Waals surface area contributed by atoms with Crippen molar-refractivity contribution < 1.29 is 13.5 Å². The molecule has 1 N–H and O–H groups in total. The SMILES string of the molecule is Cc1cc(C)cc(S(=O)(=O)N(C)C(C)CO)c1. The van der Waals surface area contributed by atoms with Gasteiger partial charge in [-0.05, 0) is 44.0 Å². The Morgan fingerprint density at radius 2 is 1.71 bits per heavy atom. The molecule has 0 saturated heterocycles. The van der Waals surface area contributed by atoms with Crippen LogP contribution in [-0.4, -0.2) is 37.5 Å². The van der Waals surface area contributed by atoms with Crippen molar-refractivity contribution in [2.45, 2.75) is 31.7 Å². The molecule has 0 bridgehead atoms. The molecule has 1 aromatic carbocycles. The van der Waals surface area contributed by atoms with E-state index in [4.69, 9.17) is 5.11 Å². The van der Waals surface area contributed by atoms with Gasteiger partial charge in [0.25, 0.3) is 0 Å². The first-order valence-corrected chi connectivity index (χ1v) is 6.90. The standard InChI is InChI=1S/C12H19NO3S/c1-9-5-10(2)7-12(6-9)17(15,16)13(4)11(3)8-14/h5-7,11,14H,8H2,1-4H3. The summed E-state index contributed by atoms with van der Waals surface area (Å²) < 4.78 is 25.7. The van der Waals surface area contributed by atoms with Crippen molar-refractivity contribution in [3.05, 3.63) is 29.3 Å². The van der Waals surface area contributed by atoms with Gasteiger partial charge in [-0.15, -0.1) is 0 Å². The summed E-state index contributed by atoms with van der Waals surface area (Å²) in [7, 11) is -2.04. The Bertz CT molecular complexity index is 476. The lowest BCUT2D eigenvalue weighted by Gasteiger charge is -2.22. The quantitative estimate of drug-likeness (QED) is 0.884. The molecule has 4 nitrogen and oxygen atoms in total. The number of benzene rings is 1. The van der Waals surface area contributed by atoms with E-state index in [1.54, 1.807) is 19.1 Å². The highest BCUT2D eigenvalue weighted by Crippen LogP contribution is 2.19. The van der Waals surface area contributed by atoms with Crippen molar-refractivity contribution in [2.75, 3.05) is 13.7 Å². The largest absolute Gasteiger partial charge is 0.395 e. The predicted molar refractivity (Wildman–Crippen MR) is 67.4 cm³/mol. The fourth-order valence-electron chi connectivity index (χ4n) is 1.60. The van der Waals surface area contributed by atoms with Crippen LogP contribution in [0.4, 0.5) is 0 Å². The topological polar surface area (TPSA) is 57.6 Å². The number of nitrogens with zero attached hydrogens (tertiary/aromatic N) is 1. The third kappa shape index (κ3) is 3.06. The number of likely N-dealkylation sites (N-methyl/N-ethyl adjacent to an activating group) is 1. The van der Waals surface area contributed by atoms with E-state index >= 15 is 0 Å². The Labute approximate surface area is 103 Å². The van der Waals surface area contributed by atoms with Gasteiger partial charge in [0.2, 0.25) is 10.0 Å². The summed E-state index contributed by atoms with van der Waals surface area (Å²) in [4.78, 5) is 0.276. The van der Waals surface area contributed by atoms with Crippen LogP contribution in [0.3, 0.4) is 0 Å². The number of aliphatic hydroxyl groups excluding tert-OH is 1. The fourth-order valence-corrected chi connectivity index (χ4v) is 3.14. The zero-order valence-corrected chi connectivity index (χ0v) is 11.5. The predicted octanol–water partition coefficient (Wildman–Crippen LogP) is 1.30. The molecule has 0 aliphatic heterocycles. The average molecular weight is 257 g/mol. The van der Waals surface area contributed by atoms with Crippen LogP contribution in [0, 0.1) is 13.8 Å². The van der Waals surface area contributed by atoms with Gasteiger partial charge in [-0.1, -0.05) is 6.07 Å². The zero-order chi connectivity index (χ0) is 13.2. The van der Waals surface area contributed by atoms with Gasteiger partial charge < -0.3 is 5.11 Å². The molecule has 1 rings (SSSR count). The van der Waals surface area contributed by atoms with E-state index in [2.05, 4.69) is 0 Å². The smallest absolute Gasteiger partial charge is 0.243 e. The number of aryl methyl sites for hydroxylation is 2. The van der Waals surface area contributed by atoms with E-state index in [-0.39, 0.29) is 11.5 Å². The van der Waals surface area contributed by atoms with Gasteiger partial charge >= 0.3 is 0 Å². The number of hydrogen-bond acceptors (Lipinski definition) is 3. The minimum Gasteiger partial charge on any atom is -0.395 e. The third-order valence-electron chi connectivity index (χ3n) is 2.76. The first-order chi connectivity index (χ1) is 7.78. The third-order valence-corrected chi connectivity index (χ3v) is 4.71. The maximum atomic E-state index is 12.3. The summed E-state index contributed by atoms with van der Waals surface area (Å²) in [6.07, 6.45) is 0. The second kappa shape index (κ2) is 5.16. The van der Waals surface area contributed by atoms with Crippen molar-refractivity contribution in [1.29, 1.82) is 0 Å². The Kier molecular flexibility index (Phi) is 4.30. The molecule has 0 radical (unpaired) electrons. The van der Waals surface area contributed by atoms with Gasteiger partial charge in [0.1, 0.15) is 0 Å². The molecule has 0 spiro atoms. The fraction of sp³-hybridized carbons (Fsp3) is 0.500. The molecule has 5 heteroatoms. The molecule has 17 heavy (non-hydrogen) atoms. The number of sulfonamides is 1. The lowest BCUT2D eigenvalue weighted by molar-refractivity contribution is 0.214. The molecule has 0 fully saturated rings. The van der Waals surface area contributed by atoms with Gasteiger partial charge in [-0.3, -0.25) is 0 Å². The first-order valence-electron chi connectivity index (χ1n) is 5.46. The molecule has 0 aromatic heterocycles. The van der Waals surface area contributed by atoms with E-state index in [1.807, 2.05) is 19.9 Å². The summed E-state index contributed by atoms with van der Waals surface area (Å²) in [6, 6.07) is 4.78. The summed E-state index contributed by atoms with van der Waals surface area (Å²) in [5, 5.41) is 9.02. The molecule has 0 aliphatic rings. The zero-order valence-electron chi connectivity index (χ0n) is 10.6. The second-order valence-electron chi connectivity index (χ2n) is 4.38. The first kappa shape index (κ1) is 14.2. The Balaban J connectivity index is 3.22. The Hall–Kier alpha value is -0.910. The molecule has 0 heterocycles. The van der Waals surface area contributed by atoms with Gasteiger partial charge in [0, 0.05) is 13.1 Å². The highest BCUT2D eigenvalue weighted by Gasteiger charge is 2.25. The molecule has 1 aromatic rings. The molecular formula is C12H19NO3S. The van der Waals surface area contributed by atoms with Gasteiger partial charge in [-0.25, -0.2) is 8.42 Å². The summed E-state index contributed by atoms with van der Waals surface area (Å²) in [6.45, 7) is 5.20. The Morgan fingerprint density at radius 3 is 2.12 bits per heavy atom. The minimum absolute atomic E-state index is 0.194. The van der Waals surface area contributed by atoms with Crippen molar-refractivity contribution in [3.8, 4) is 0 Å². The van der Waals surface area contributed by atoms with Crippen LogP contribution in [-0.2, 0) is 10.0 Å². The van der Waals surface area contributed by atoms with Crippen LogP contribution in [0.2, 0.25) is 0 Å². The monoisotopic (exact) mass is 257 g/mol. The molecule has 1 unspecified atom stereocenters. The lowest BCUT2D eigenvalue weighted by Crippen LogP contribution is -2.37. The number of rotatable bonds is 4. The van der Waals surface area contributed by atoms with Crippen LogP contribution in [0.15, 0.2) is 23.1 Å². The van der Waals surface area contributed by atoms with Crippen molar-refractivity contribution >= 4 is 10.0 Å². The summed E-state index contributed by atoms with van der Waals surface area (Å²) in [5.41, 5.74) is 1.82. The van der Waals surface area contributed by atoms with Crippen LogP contribution >= 0.6 is 0 Å². The van der Waals surface area contributed by atoms with Crippen LogP contribution in [0.1, 0.15) is 18.1 Å². The highest BCUT2D eigenvalue weighted by molar-refractivity contribution is 7.89. The van der Waals surface area contributed by atoms with E-state index in [1.165, 1.54) is 11.4 Å².